The molecule has 7 heteroatoms. The second-order valence-electron chi connectivity index (χ2n) is 8.87. The van der Waals surface area contributed by atoms with Crippen LogP contribution in [0.3, 0.4) is 0 Å². The van der Waals surface area contributed by atoms with Crippen LogP contribution in [0.4, 0.5) is 0 Å². The Bertz CT molecular complexity index is 2090. The molecule has 4 heterocycles. The molecule has 0 spiro atoms. The minimum Gasteiger partial charge on any atom is -0.459 e. The molecule has 38 heavy (non-hydrogen) atoms. The Kier molecular flexibility index (Phi) is 5.24. The zero-order chi connectivity index (χ0) is 24.3. The molecule has 4 aromatic carbocycles. The molecule has 0 amide bonds. The Labute approximate surface area is 231 Å². The molecular formula is C31H17N5OPt. The van der Waals surface area contributed by atoms with Crippen molar-refractivity contribution < 1.29 is 25.8 Å². The molecule has 4 aromatic heterocycles. The van der Waals surface area contributed by atoms with E-state index in [9.17, 15) is 0 Å². The summed E-state index contributed by atoms with van der Waals surface area (Å²) < 4.78 is 10.3. The van der Waals surface area contributed by atoms with Crippen molar-refractivity contribution in [3.05, 3.63) is 116 Å². The second-order valence-corrected chi connectivity index (χ2v) is 8.87. The van der Waals surface area contributed by atoms with E-state index in [0.717, 1.165) is 54.9 Å². The number of ether oxygens (including phenoxy) is 1. The third-order valence-corrected chi connectivity index (χ3v) is 6.79. The van der Waals surface area contributed by atoms with Gasteiger partial charge in [0, 0.05) is 22.8 Å². The van der Waals surface area contributed by atoms with Crippen molar-refractivity contribution in [2.45, 2.75) is 0 Å². The zero-order valence-corrected chi connectivity index (χ0v) is 22.0. The van der Waals surface area contributed by atoms with Crippen molar-refractivity contribution in [2.75, 3.05) is 0 Å². The summed E-state index contributed by atoms with van der Waals surface area (Å²) >= 11 is 0. The molecular weight excluding hydrogens is 653 g/mol. The molecule has 0 N–H and O–H groups in total. The third kappa shape index (κ3) is 3.34. The Hall–Kier alpha value is -4.54. The Morgan fingerprint density at radius 3 is 2.39 bits per heavy atom. The van der Waals surface area contributed by atoms with Gasteiger partial charge in [-0.2, -0.15) is 34.3 Å². The summed E-state index contributed by atoms with van der Waals surface area (Å²) in [5, 5.41) is 13.8. The molecule has 0 radical (unpaired) electrons. The average Bonchev–Trinajstić information content (AvgIpc) is 3.57. The molecule has 0 unspecified atom stereocenters. The fraction of sp³-hybridized carbons (Fsp3) is 0. The number of fused-ring (bicyclic) bond motifs is 9. The van der Waals surface area contributed by atoms with E-state index < -0.39 is 0 Å². The fourth-order valence-corrected chi connectivity index (χ4v) is 5.21. The van der Waals surface area contributed by atoms with Crippen LogP contribution in [0.5, 0.6) is 11.6 Å². The van der Waals surface area contributed by atoms with Gasteiger partial charge < -0.3 is 13.7 Å². The summed E-state index contributed by atoms with van der Waals surface area (Å²) in [5.74, 6) is 1.80. The summed E-state index contributed by atoms with van der Waals surface area (Å²) in [7, 11) is 0. The molecule has 8 aromatic rings. The van der Waals surface area contributed by atoms with E-state index >= 15 is 0 Å². The van der Waals surface area contributed by atoms with Crippen molar-refractivity contribution in [2.24, 2.45) is 0 Å². The number of pyridine rings is 2. The first kappa shape index (κ1) is 22.6. The van der Waals surface area contributed by atoms with Crippen molar-refractivity contribution in [3.8, 4) is 17.4 Å². The summed E-state index contributed by atoms with van der Waals surface area (Å²) in [6.45, 7) is 0. The first-order chi connectivity index (χ1) is 18.3. The van der Waals surface area contributed by atoms with Gasteiger partial charge >= 0.3 is 21.1 Å². The predicted molar refractivity (Wildman–Crippen MR) is 144 cm³/mol. The topological polar surface area (TPSA) is 57.2 Å². The first-order valence-electron chi connectivity index (χ1n) is 12.0. The van der Waals surface area contributed by atoms with Gasteiger partial charge in [0.25, 0.3) is 0 Å². The summed E-state index contributed by atoms with van der Waals surface area (Å²) in [6, 6.07) is 39.1. The van der Waals surface area contributed by atoms with Crippen molar-refractivity contribution in [1.29, 1.82) is 0 Å². The molecule has 8 rings (SSSR count). The number of aromatic nitrogens is 5. The summed E-state index contributed by atoms with van der Waals surface area (Å²) in [4.78, 5) is 4.86. The predicted octanol–water partition coefficient (Wildman–Crippen LogP) is 6.92. The average molecular weight is 671 g/mol. The van der Waals surface area contributed by atoms with E-state index in [4.69, 9.17) is 9.72 Å². The maximum Gasteiger partial charge on any atom is 2.00 e. The van der Waals surface area contributed by atoms with Crippen molar-refractivity contribution in [3.63, 3.8) is 0 Å². The van der Waals surface area contributed by atoms with E-state index in [1.54, 1.807) is 6.33 Å². The van der Waals surface area contributed by atoms with Gasteiger partial charge in [-0.15, -0.1) is 16.6 Å². The number of rotatable bonds is 3. The van der Waals surface area contributed by atoms with Gasteiger partial charge in [0.15, 0.2) is 0 Å². The Morgan fingerprint density at radius 1 is 0.711 bits per heavy atom. The van der Waals surface area contributed by atoms with Crippen LogP contribution in [0.1, 0.15) is 0 Å². The second kappa shape index (κ2) is 8.79. The van der Waals surface area contributed by atoms with Gasteiger partial charge in [0.1, 0.15) is 12.1 Å². The van der Waals surface area contributed by atoms with Crippen LogP contribution in [-0.2, 0) is 21.1 Å². The van der Waals surface area contributed by atoms with Crippen LogP contribution >= 0.6 is 0 Å². The quantitative estimate of drug-likeness (QED) is 0.151. The van der Waals surface area contributed by atoms with Crippen LogP contribution in [0, 0.1) is 12.1 Å². The smallest absolute Gasteiger partial charge is 0.459 e. The van der Waals surface area contributed by atoms with Crippen molar-refractivity contribution >= 4 is 49.1 Å². The van der Waals surface area contributed by atoms with Crippen molar-refractivity contribution in [1.82, 2.24) is 24.1 Å². The van der Waals surface area contributed by atoms with E-state index in [1.807, 2.05) is 65.1 Å². The van der Waals surface area contributed by atoms with Crippen LogP contribution in [-0.4, -0.2) is 24.1 Å². The molecule has 6 nitrogen and oxygen atoms in total. The standard InChI is InChI=1S/C31H17N5O.Pt/c1-4-11-26-22(8-1)21-17-16-20(18-25(21)31-34-32-19-35(26)31)37-30-15-7-14-29(33-30)36-27-12-5-2-9-23(27)24-10-3-6-13-28(24)36;/h1-12,14-17,19H;/q-2;+2. The molecule has 0 aliphatic rings. The first-order valence-corrected chi connectivity index (χ1v) is 12.0. The number of hydrogen-bond donors (Lipinski definition) is 0. The van der Waals surface area contributed by atoms with E-state index in [-0.39, 0.29) is 21.1 Å². The third-order valence-electron chi connectivity index (χ3n) is 6.79. The molecule has 182 valence electrons. The van der Waals surface area contributed by atoms with Crippen LogP contribution in [0.15, 0.2) is 103 Å². The maximum atomic E-state index is 6.24. The van der Waals surface area contributed by atoms with E-state index in [0.29, 0.717) is 11.6 Å². The van der Waals surface area contributed by atoms with Gasteiger partial charge in [0.05, 0.1) is 5.65 Å². The molecule has 0 bridgehead atoms. The van der Waals surface area contributed by atoms with Crippen LogP contribution < -0.4 is 4.74 Å². The van der Waals surface area contributed by atoms with Gasteiger partial charge in [-0.1, -0.05) is 70.9 Å². The van der Waals surface area contributed by atoms with Gasteiger partial charge in [0.2, 0.25) is 5.88 Å². The zero-order valence-electron chi connectivity index (χ0n) is 19.8. The fourth-order valence-electron chi connectivity index (χ4n) is 5.21. The number of hydrogen-bond acceptors (Lipinski definition) is 4. The molecule has 0 atom stereocenters. The molecule has 0 saturated heterocycles. The van der Waals surface area contributed by atoms with Gasteiger partial charge in [-0.05, 0) is 29.0 Å². The minimum atomic E-state index is 0. The molecule has 0 aliphatic carbocycles. The van der Waals surface area contributed by atoms with Crippen LogP contribution in [0.25, 0.3) is 54.9 Å². The largest absolute Gasteiger partial charge is 2.00 e. The number of nitrogens with zero attached hydrogens (tertiary/aromatic N) is 5. The normalized spacial score (nSPS) is 11.5. The van der Waals surface area contributed by atoms with E-state index in [2.05, 4.69) is 63.3 Å². The van der Waals surface area contributed by atoms with Crippen LogP contribution in [0.2, 0.25) is 0 Å². The van der Waals surface area contributed by atoms with Gasteiger partial charge in [-0.25, -0.2) is 0 Å². The monoisotopic (exact) mass is 670 g/mol. The number of benzene rings is 4. The molecule has 0 saturated carbocycles. The molecule has 0 aliphatic heterocycles. The van der Waals surface area contributed by atoms with Gasteiger partial charge in [-0.3, -0.25) is 0 Å². The summed E-state index contributed by atoms with van der Waals surface area (Å²) in [5.41, 5.74) is 3.84. The number of para-hydroxylation sites is 3. The SMILES string of the molecule is [Pt+2].[c-]1c(Oc2cccc(-n3c4[c-]cccc4c4ccccc43)n2)ccc2c1c1nncn1c1ccccc21. The summed E-state index contributed by atoms with van der Waals surface area (Å²) in [6.07, 6.45) is 1.73. The van der Waals surface area contributed by atoms with E-state index in [1.165, 1.54) is 0 Å². The minimum absolute atomic E-state index is 0. The Balaban J connectivity index is 0.00000242. The Morgan fingerprint density at radius 2 is 1.50 bits per heavy atom. The maximum absolute atomic E-state index is 6.24. The molecule has 0 fully saturated rings.